The number of carboxylic acid groups (broad SMARTS) is 1. The molecule has 2 aromatic rings. The smallest absolute Gasteiger partial charge is 0.337 e. The number of carbonyl (C=O) groups is 1. The number of hydrogen-bond acceptors (Lipinski definition) is 5. The molecule has 0 amide bonds. The summed E-state index contributed by atoms with van der Waals surface area (Å²) in [4.78, 5) is 18.6. The summed E-state index contributed by atoms with van der Waals surface area (Å²) >= 11 is 0. The number of carboxylic acids is 1. The van der Waals surface area contributed by atoms with Gasteiger partial charge >= 0.3 is 5.97 Å². The number of aromatic amines is 1. The average molecular weight is 289 g/mol. The highest BCUT2D eigenvalue weighted by atomic mass is 16.4. The molecular weight excluding hydrogens is 278 g/mol. The van der Waals surface area contributed by atoms with Gasteiger partial charge in [-0.2, -0.15) is 10.2 Å². The Morgan fingerprint density at radius 3 is 2.62 bits per heavy atom. The third-order valence-electron chi connectivity index (χ3n) is 2.31. The van der Waals surface area contributed by atoms with Gasteiger partial charge in [-0.25, -0.2) is 9.79 Å². The summed E-state index contributed by atoms with van der Waals surface area (Å²) in [5.41, 5.74) is 16.3. The van der Waals surface area contributed by atoms with E-state index in [0.29, 0.717) is 5.56 Å². The van der Waals surface area contributed by atoms with E-state index in [1.165, 1.54) is 18.2 Å². The molecule has 1 aromatic heterocycles. The molecule has 0 fully saturated rings. The van der Waals surface area contributed by atoms with Crippen LogP contribution in [0.5, 0.6) is 0 Å². The number of nitrogens with zero attached hydrogens (tertiary/aromatic N) is 5. The largest absolute Gasteiger partial charge is 0.478 e. The van der Waals surface area contributed by atoms with Crippen LogP contribution in [0, 0.1) is 0 Å². The van der Waals surface area contributed by atoms with Gasteiger partial charge in [-0.1, -0.05) is 6.07 Å². The van der Waals surface area contributed by atoms with Gasteiger partial charge in [0.2, 0.25) is 11.8 Å². The van der Waals surface area contributed by atoms with Gasteiger partial charge in [-0.15, -0.1) is 10.2 Å². The Morgan fingerprint density at radius 1 is 1.29 bits per heavy atom. The van der Waals surface area contributed by atoms with Crippen LogP contribution in [0.4, 0.5) is 5.69 Å². The summed E-state index contributed by atoms with van der Waals surface area (Å²) < 4.78 is 0. The summed E-state index contributed by atoms with van der Waals surface area (Å²) in [6.07, 6.45) is 0. The molecule has 0 bridgehead atoms. The van der Waals surface area contributed by atoms with Crippen LogP contribution in [0.25, 0.3) is 11.4 Å². The maximum atomic E-state index is 11.2. The molecule has 0 aliphatic heterocycles. The fraction of sp³-hybridized carbons (Fsp3) is 0. The Kier molecular flexibility index (Phi) is 3.74. The van der Waals surface area contributed by atoms with Gasteiger partial charge in [0.1, 0.15) is 0 Å². The highest BCUT2D eigenvalue weighted by Crippen LogP contribution is 2.25. The molecule has 0 saturated heterocycles. The van der Waals surface area contributed by atoms with Crippen molar-refractivity contribution in [2.75, 3.05) is 0 Å². The van der Waals surface area contributed by atoms with Crippen LogP contribution in [0.1, 0.15) is 10.4 Å². The van der Waals surface area contributed by atoms with Crippen LogP contribution in [0.3, 0.4) is 0 Å². The maximum absolute atomic E-state index is 11.2. The summed E-state index contributed by atoms with van der Waals surface area (Å²) in [6.45, 7) is 0. The normalized spacial score (nSPS) is 11.1. The number of nitrogens with two attached hydrogens (primary N) is 3. The van der Waals surface area contributed by atoms with Gasteiger partial charge in [-0.3, -0.25) is 0 Å². The molecule has 8 N–H and O–H groups in total. The van der Waals surface area contributed by atoms with Crippen LogP contribution < -0.4 is 17.2 Å². The molecule has 0 saturated carbocycles. The SMILES string of the molecule is NC(N)=NC(N)=Nc1cc(-c2nn[nH]n2)ccc1C(=O)O. The first-order valence-electron chi connectivity index (χ1n) is 5.52. The topological polar surface area (TPSA) is 195 Å². The van der Waals surface area contributed by atoms with Crippen molar-refractivity contribution in [3.8, 4) is 11.4 Å². The number of guanidine groups is 2. The minimum Gasteiger partial charge on any atom is -0.478 e. The maximum Gasteiger partial charge on any atom is 0.337 e. The third-order valence-corrected chi connectivity index (χ3v) is 2.31. The molecule has 0 radical (unpaired) electrons. The van der Waals surface area contributed by atoms with E-state index in [2.05, 4.69) is 30.6 Å². The summed E-state index contributed by atoms with van der Waals surface area (Å²) in [6, 6.07) is 4.29. The van der Waals surface area contributed by atoms with Crippen LogP contribution in [-0.2, 0) is 0 Å². The molecule has 108 valence electrons. The lowest BCUT2D eigenvalue weighted by atomic mass is 10.1. The van der Waals surface area contributed by atoms with E-state index in [0.717, 1.165) is 0 Å². The first-order valence-corrected chi connectivity index (χ1v) is 5.52. The van der Waals surface area contributed by atoms with Crippen molar-refractivity contribution in [2.24, 2.45) is 27.2 Å². The Morgan fingerprint density at radius 2 is 2.05 bits per heavy atom. The highest BCUT2D eigenvalue weighted by molar-refractivity contribution is 5.98. The highest BCUT2D eigenvalue weighted by Gasteiger charge is 2.13. The second kappa shape index (κ2) is 5.64. The number of aliphatic imine (C=N–C) groups is 2. The molecule has 0 aliphatic rings. The number of rotatable bonds is 3. The zero-order chi connectivity index (χ0) is 15.4. The van der Waals surface area contributed by atoms with Gasteiger partial charge < -0.3 is 22.3 Å². The molecule has 1 aromatic carbocycles. The average Bonchev–Trinajstić information content (AvgIpc) is 2.90. The molecular formula is C10H11N9O2. The number of aromatic carboxylic acids is 1. The van der Waals surface area contributed by atoms with E-state index in [9.17, 15) is 4.79 Å². The molecule has 1 heterocycles. The van der Waals surface area contributed by atoms with Crippen molar-refractivity contribution in [1.29, 1.82) is 0 Å². The fourth-order valence-corrected chi connectivity index (χ4v) is 1.51. The van der Waals surface area contributed by atoms with Crippen molar-refractivity contribution in [2.45, 2.75) is 0 Å². The molecule has 11 heteroatoms. The monoisotopic (exact) mass is 289 g/mol. The molecule has 2 rings (SSSR count). The lowest BCUT2D eigenvalue weighted by Gasteiger charge is -2.03. The van der Waals surface area contributed by atoms with Gasteiger partial charge in [-0.05, 0) is 17.3 Å². The van der Waals surface area contributed by atoms with Gasteiger partial charge in [0.15, 0.2) is 5.96 Å². The van der Waals surface area contributed by atoms with Crippen LogP contribution >= 0.6 is 0 Å². The Balaban J connectivity index is 2.53. The predicted octanol–water partition coefficient (Wildman–Crippen LogP) is -1.22. The predicted molar refractivity (Wildman–Crippen MR) is 73.7 cm³/mol. The van der Waals surface area contributed by atoms with E-state index >= 15 is 0 Å². The van der Waals surface area contributed by atoms with Crippen molar-refractivity contribution in [1.82, 2.24) is 20.6 Å². The number of tetrazole rings is 1. The van der Waals surface area contributed by atoms with Crippen LogP contribution in [-0.4, -0.2) is 43.6 Å². The quantitative estimate of drug-likeness (QED) is 0.342. The second-order valence-corrected chi connectivity index (χ2v) is 3.78. The molecule has 0 atom stereocenters. The Labute approximate surface area is 117 Å². The minimum absolute atomic E-state index is 0.0623. The van der Waals surface area contributed by atoms with Gasteiger partial charge in [0, 0.05) is 5.56 Å². The first kappa shape index (κ1) is 13.9. The van der Waals surface area contributed by atoms with E-state index in [-0.39, 0.29) is 29.0 Å². The van der Waals surface area contributed by atoms with Crippen molar-refractivity contribution >= 4 is 23.6 Å². The van der Waals surface area contributed by atoms with E-state index in [1.54, 1.807) is 0 Å². The number of H-pyrrole nitrogens is 1. The molecule has 0 spiro atoms. The minimum atomic E-state index is -1.18. The molecule has 0 aliphatic carbocycles. The molecule has 11 nitrogen and oxygen atoms in total. The number of hydrogen-bond donors (Lipinski definition) is 5. The number of benzene rings is 1. The van der Waals surface area contributed by atoms with Crippen LogP contribution in [0.2, 0.25) is 0 Å². The fourth-order valence-electron chi connectivity index (χ4n) is 1.51. The van der Waals surface area contributed by atoms with E-state index < -0.39 is 5.97 Å². The number of nitrogens with one attached hydrogen (secondary N) is 1. The summed E-state index contributed by atoms with van der Waals surface area (Å²) in [7, 11) is 0. The lowest BCUT2D eigenvalue weighted by molar-refractivity contribution is 0.0698. The number of aromatic nitrogens is 4. The Hall–Kier alpha value is -3.50. The first-order chi connectivity index (χ1) is 9.97. The third kappa shape index (κ3) is 3.28. The van der Waals surface area contributed by atoms with E-state index in [4.69, 9.17) is 22.3 Å². The van der Waals surface area contributed by atoms with Crippen molar-refractivity contribution in [3.63, 3.8) is 0 Å². The molecule has 21 heavy (non-hydrogen) atoms. The van der Waals surface area contributed by atoms with Gasteiger partial charge in [0.05, 0.1) is 11.3 Å². The van der Waals surface area contributed by atoms with Crippen LogP contribution in [0.15, 0.2) is 28.2 Å². The standard InChI is InChI=1S/C10H11N9O2/c11-9(12)15-10(13)14-6-3-4(7-16-18-19-17-7)1-2-5(6)8(20)21/h1-3H,(H,20,21)(H,16,17,18,19)(H6,11,12,13,14,15). The summed E-state index contributed by atoms with van der Waals surface area (Å²) in [5.74, 6) is -1.46. The Bertz CT molecular complexity index is 716. The summed E-state index contributed by atoms with van der Waals surface area (Å²) in [5, 5.41) is 22.4. The zero-order valence-corrected chi connectivity index (χ0v) is 10.6. The second-order valence-electron chi connectivity index (χ2n) is 3.78. The van der Waals surface area contributed by atoms with Crippen molar-refractivity contribution in [3.05, 3.63) is 23.8 Å². The van der Waals surface area contributed by atoms with Crippen molar-refractivity contribution < 1.29 is 9.90 Å². The molecule has 0 unspecified atom stereocenters. The lowest BCUT2D eigenvalue weighted by Crippen LogP contribution is -2.26. The van der Waals surface area contributed by atoms with Gasteiger partial charge in [0.25, 0.3) is 0 Å². The zero-order valence-electron chi connectivity index (χ0n) is 10.6. The van der Waals surface area contributed by atoms with E-state index in [1.807, 2.05) is 0 Å².